The van der Waals surface area contributed by atoms with Crippen LogP contribution in [-0.2, 0) is 9.53 Å². The third-order valence-electron chi connectivity index (χ3n) is 4.41. The highest BCUT2D eigenvalue weighted by Gasteiger charge is 2.20. The molecule has 2 N–H and O–H groups in total. The van der Waals surface area contributed by atoms with Gasteiger partial charge in [0, 0.05) is 25.2 Å². The molecule has 0 saturated carbocycles. The molecule has 28 heavy (non-hydrogen) atoms. The molecule has 1 aromatic rings. The minimum absolute atomic E-state index is 0. The van der Waals surface area contributed by atoms with Crippen LogP contribution >= 0.6 is 35.6 Å². The van der Waals surface area contributed by atoms with Gasteiger partial charge in [0.2, 0.25) is 0 Å². The summed E-state index contributed by atoms with van der Waals surface area (Å²) in [4.78, 5) is 24.9. The Bertz CT molecular complexity index is 641. The second-order valence-electron chi connectivity index (χ2n) is 6.34. The number of rotatable bonds is 8. The molecule has 1 aliphatic heterocycles. The number of piperidine rings is 1. The summed E-state index contributed by atoms with van der Waals surface area (Å²) >= 11 is 12.0. The Kier molecular flexibility index (Phi) is 11.4. The van der Waals surface area contributed by atoms with Gasteiger partial charge in [-0.2, -0.15) is 0 Å². The number of likely N-dealkylation sites (N-methyl/N-ethyl adjacent to an activating group) is 1. The van der Waals surface area contributed by atoms with E-state index in [-0.39, 0.29) is 24.9 Å². The number of alkyl carbamates (subject to hydrolysis) is 1. The summed E-state index contributed by atoms with van der Waals surface area (Å²) in [5.41, 5.74) is 0. The average molecular weight is 455 g/mol. The zero-order chi connectivity index (χ0) is 19.6. The standard InChI is InChI=1S/C18H25Cl2N3O4.ClH/c1-21-17(24)12-27-18(25)22-11-13-4-6-23(7-5-13)8-9-26-16-3-2-14(19)10-15(16)20;/h2-3,10,13H,4-9,11-12H2,1H3,(H,21,24)(H,22,25);1H. The second-order valence-corrected chi connectivity index (χ2v) is 7.18. The Balaban J connectivity index is 0.00000392. The third kappa shape index (κ3) is 8.73. The first-order valence-corrected chi connectivity index (χ1v) is 9.65. The van der Waals surface area contributed by atoms with Gasteiger partial charge in [0.25, 0.3) is 5.91 Å². The molecule has 0 aliphatic carbocycles. The van der Waals surface area contributed by atoms with Gasteiger partial charge < -0.3 is 20.1 Å². The van der Waals surface area contributed by atoms with Gasteiger partial charge in [-0.05, 0) is 50.0 Å². The quantitative estimate of drug-likeness (QED) is 0.631. The summed E-state index contributed by atoms with van der Waals surface area (Å²) < 4.78 is 10.5. The third-order valence-corrected chi connectivity index (χ3v) is 4.94. The van der Waals surface area contributed by atoms with E-state index < -0.39 is 6.09 Å². The molecule has 1 aliphatic rings. The molecule has 1 saturated heterocycles. The first-order chi connectivity index (χ1) is 13.0. The lowest BCUT2D eigenvalue weighted by atomic mass is 9.97. The summed E-state index contributed by atoms with van der Waals surface area (Å²) in [5.74, 6) is 0.705. The first-order valence-electron chi connectivity index (χ1n) is 8.89. The molecule has 0 spiro atoms. The van der Waals surface area contributed by atoms with Crippen LogP contribution in [0.2, 0.25) is 10.0 Å². The van der Waals surface area contributed by atoms with Gasteiger partial charge in [0.15, 0.2) is 6.61 Å². The van der Waals surface area contributed by atoms with Crippen LogP contribution in [0.25, 0.3) is 0 Å². The van der Waals surface area contributed by atoms with Gasteiger partial charge in [-0.3, -0.25) is 9.69 Å². The second kappa shape index (κ2) is 12.9. The molecule has 1 heterocycles. The van der Waals surface area contributed by atoms with Crippen LogP contribution < -0.4 is 15.4 Å². The zero-order valence-corrected chi connectivity index (χ0v) is 18.0. The van der Waals surface area contributed by atoms with E-state index in [1.54, 1.807) is 18.2 Å². The van der Waals surface area contributed by atoms with Gasteiger partial charge in [0.05, 0.1) is 5.02 Å². The van der Waals surface area contributed by atoms with E-state index in [4.69, 9.17) is 32.7 Å². The molecule has 2 amide bonds. The molecular weight excluding hydrogens is 429 g/mol. The molecule has 10 heteroatoms. The van der Waals surface area contributed by atoms with E-state index in [1.165, 1.54) is 7.05 Å². The summed E-state index contributed by atoms with van der Waals surface area (Å²) in [7, 11) is 1.49. The summed E-state index contributed by atoms with van der Waals surface area (Å²) in [6, 6.07) is 5.18. The number of hydrogen-bond donors (Lipinski definition) is 2. The van der Waals surface area contributed by atoms with Gasteiger partial charge in [-0.25, -0.2) is 4.79 Å². The van der Waals surface area contributed by atoms with Gasteiger partial charge in [-0.15, -0.1) is 12.4 Å². The molecule has 0 atom stereocenters. The predicted octanol–water partition coefficient (Wildman–Crippen LogP) is 2.98. The Morgan fingerprint density at radius 1 is 1.25 bits per heavy atom. The Hall–Kier alpha value is -1.41. The molecule has 1 aromatic carbocycles. The molecule has 158 valence electrons. The van der Waals surface area contributed by atoms with Crippen molar-refractivity contribution in [3.63, 3.8) is 0 Å². The number of ether oxygens (including phenoxy) is 2. The van der Waals surface area contributed by atoms with Crippen molar-refractivity contribution in [2.45, 2.75) is 12.8 Å². The number of likely N-dealkylation sites (tertiary alicyclic amines) is 1. The number of nitrogens with zero attached hydrogens (tertiary/aromatic N) is 1. The van der Waals surface area contributed by atoms with Crippen molar-refractivity contribution >= 4 is 47.6 Å². The zero-order valence-electron chi connectivity index (χ0n) is 15.7. The topological polar surface area (TPSA) is 79.9 Å². The summed E-state index contributed by atoms with van der Waals surface area (Å²) in [6.07, 6.45) is 1.41. The van der Waals surface area contributed by atoms with Gasteiger partial charge in [0.1, 0.15) is 12.4 Å². The molecular formula is C18H26Cl3N3O4. The lowest BCUT2D eigenvalue weighted by molar-refractivity contribution is -0.123. The molecule has 7 nitrogen and oxygen atoms in total. The van der Waals surface area contributed by atoms with Crippen molar-refractivity contribution in [2.75, 3.05) is 46.4 Å². The molecule has 0 aromatic heterocycles. The monoisotopic (exact) mass is 453 g/mol. The van der Waals surface area contributed by atoms with Crippen LogP contribution in [0.1, 0.15) is 12.8 Å². The number of amides is 2. The van der Waals surface area contributed by atoms with E-state index >= 15 is 0 Å². The molecule has 0 unspecified atom stereocenters. The average Bonchev–Trinajstić information content (AvgIpc) is 2.67. The van der Waals surface area contributed by atoms with Crippen molar-refractivity contribution in [1.29, 1.82) is 0 Å². The predicted molar refractivity (Wildman–Crippen MR) is 112 cm³/mol. The van der Waals surface area contributed by atoms with Crippen LogP contribution in [0.15, 0.2) is 18.2 Å². The Labute approximate surface area is 181 Å². The maximum Gasteiger partial charge on any atom is 0.407 e. The van der Waals surface area contributed by atoms with Crippen LogP contribution in [0, 0.1) is 5.92 Å². The van der Waals surface area contributed by atoms with Crippen molar-refractivity contribution in [2.24, 2.45) is 5.92 Å². The van der Waals surface area contributed by atoms with Crippen LogP contribution in [0.5, 0.6) is 5.75 Å². The lowest BCUT2D eigenvalue weighted by Crippen LogP contribution is -2.40. The normalized spacial score (nSPS) is 14.7. The minimum atomic E-state index is -0.561. The number of halogens is 3. The maximum absolute atomic E-state index is 11.5. The number of nitrogens with one attached hydrogen (secondary N) is 2. The summed E-state index contributed by atoms with van der Waals surface area (Å²) in [5, 5.41) is 6.20. The van der Waals surface area contributed by atoms with Crippen LogP contribution in [0.3, 0.4) is 0 Å². The number of benzene rings is 1. The smallest absolute Gasteiger partial charge is 0.407 e. The number of carbonyl (C=O) groups excluding carboxylic acids is 2. The van der Waals surface area contributed by atoms with Gasteiger partial charge in [-0.1, -0.05) is 23.2 Å². The molecule has 1 fully saturated rings. The minimum Gasteiger partial charge on any atom is -0.491 e. The highest BCUT2D eigenvalue weighted by molar-refractivity contribution is 6.35. The fraction of sp³-hybridized carbons (Fsp3) is 0.556. The highest BCUT2D eigenvalue weighted by atomic mass is 35.5. The SMILES string of the molecule is CNC(=O)COC(=O)NCC1CCN(CCOc2ccc(Cl)cc2Cl)CC1.Cl. The van der Waals surface area contributed by atoms with Crippen molar-refractivity contribution in [3.05, 3.63) is 28.2 Å². The summed E-state index contributed by atoms with van der Waals surface area (Å²) in [6.45, 7) is 3.54. The highest BCUT2D eigenvalue weighted by Crippen LogP contribution is 2.27. The van der Waals surface area contributed by atoms with E-state index in [0.29, 0.717) is 34.9 Å². The number of carbonyl (C=O) groups is 2. The fourth-order valence-corrected chi connectivity index (χ4v) is 3.24. The van der Waals surface area contributed by atoms with Crippen LogP contribution in [0.4, 0.5) is 4.79 Å². The van der Waals surface area contributed by atoms with E-state index in [1.807, 2.05) is 0 Å². The lowest BCUT2D eigenvalue weighted by Gasteiger charge is -2.31. The number of hydrogen-bond acceptors (Lipinski definition) is 5. The Morgan fingerprint density at radius 3 is 2.61 bits per heavy atom. The van der Waals surface area contributed by atoms with Gasteiger partial charge >= 0.3 is 6.09 Å². The van der Waals surface area contributed by atoms with Crippen LogP contribution in [-0.4, -0.2) is 63.3 Å². The van der Waals surface area contributed by atoms with E-state index in [2.05, 4.69) is 15.5 Å². The van der Waals surface area contributed by atoms with Crippen molar-refractivity contribution in [1.82, 2.24) is 15.5 Å². The van der Waals surface area contributed by atoms with E-state index in [0.717, 1.165) is 32.5 Å². The largest absolute Gasteiger partial charge is 0.491 e. The van der Waals surface area contributed by atoms with Crippen molar-refractivity contribution < 1.29 is 19.1 Å². The maximum atomic E-state index is 11.5. The van der Waals surface area contributed by atoms with E-state index in [9.17, 15) is 9.59 Å². The molecule has 0 radical (unpaired) electrons. The molecule has 0 bridgehead atoms. The fourth-order valence-electron chi connectivity index (χ4n) is 2.77. The Morgan fingerprint density at radius 2 is 1.96 bits per heavy atom. The first kappa shape index (κ1) is 24.6. The molecule has 2 rings (SSSR count). The van der Waals surface area contributed by atoms with Crippen molar-refractivity contribution in [3.8, 4) is 5.75 Å².